The van der Waals surface area contributed by atoms with Crippen molar-refractivity contribution >= 4 is 33.8 Å². The Morgan fingerprint density at radius 1 is 0.559 bits per heavy atom. The third-order valence-corrected chi connectivity index (χ3v) is 14.9. The lowest BCUT2D eigenvalue weighted by Gasteiger charge is -2.29. The van der Waals surface area contributed by atoms with Gasteiger partial charge in [0.2, 0.25) is 0 Å². The van der Waals surface area contributed by atoms with Crippen LogP contribution in [-0.4, -0.2) is 0 Å². The smallest absolute Gasteiger partial charge is 0.0543 e. The number of anilines is 3. The van der Waals surface area contributed by atoms with Crippen LogP contribution >= 0.6 is 0 Å². The predicted molar refractivity (Wildman–Crippen MR) is 296 cm³/mol. The molecular formula is C67H67N. The van der Waals surface area contributed by atoms with Crippen LogP contribution in [0.4, 0.5) is 17.1 Å². The number of benzene rings is 7. The van der Waals surface area contributed by atoms with Gasteiger partial charge in [-0.2, -0.15) is 0 Å². The minimum Gasteiger partial charge on any atom is -0.310 e. The number of allylic oxidation sites excluding steroid dienone is 9. The van der Waals surface area contributed by atoms with Crippen LogP contribution in [0.5, 0.6) is 0 Å². The first-order valence-electron chi connectivity index (χ1n) is 25.0. The normalized spacial score (nSPS) is 15.2. The highest BCUT2D eigenvalue weighted by molar-refractivity contribution is 5.96. The van der Waals surface area contributed by atoms with Gasteiger partial charge in [0, 0.05) is 27.8 Å². The van der Waals surface area contributed by atoms with E-state index in [1.165, 1.54) is 106 Å². The quantitative estimate of drug-likeness (QED) is 0.125. The molecule has 0 aliphatic heterocycles. The standard InChI is InChI=1S/C65H61N.C2H6/c1-9-17-48-19-12-13-20-53(48)56-41-49(26-25-43(56)4)47-33-38-52(39-34-47)66(62-24-16-23-61-63(62)55-21-14-15-22-59(55)65(61,7)8)51-36-31-45(32-37-51)44-27-29-46(30-28-44)50-35-40-60-57(42-50)54(18-10-2)58(11-3)64(60,5)6;1-2/h10-16,18-27,29,31-42H,3,9,17,28,30H2,1-2,4-8H3;1-2H3/b18-10-;. The summed E-state index contributed by atoms with van der Waals surface area (Å²) in [6.07, 6.45) is 15.4. The minimum atomic E-state index is -0.101. The van der Waals surface area contributed by atoms with E-state index in [1.54, 1.807) is 0 Å². The topological polar surface area (TPSA) is 3.24 Å². The van der Waals surface area contributed by atoms with Crippen molar-refractivity contribution in [3.63, 3.8) is 0 Å². The van der Waals surface area contributed by atoms with Crippen LogP contribution in [0.15, 0.2) is 194 Å². The second kappa shape index (κ2) is 19.0. The van der Waals surface area contributed by atoms with Crippen LogP contribution in [0.3, 0.4) is 0 Å². The highest BCUT2D eigenvalue weighted by Crippen LogP contribution is 2.54. The molecule has 1 heteroatoms. The molecule has 10 rings (SSSR count). The van der Waals surface area contributed by atoms with Crippen molar-refractivity contribution in [1.82, 2.24) is 0 Å². The lowest BCUT2D eigenvalue weighted by molar-refractivity contribution is 0.654. The van der Waals surface area contributed by atoms with E-state index in [1.807, 2.05) is 19.9 Å². The molecule has 0 atom stereocenters. The summed E-state index contributed by atoms with van der Waals surface area (Å²) in [7, 11) is 0. The molecule has 0 spiro atoms. The average Bonchev–Trinajstić information content (AvgIpc) is 3.74. The lowest BCUT2D eigenvalue weighted by atomic mass is 9.80. The fourth-order valence-corrected chi connectivity index (χ4v) is 11.3. The molecular weight excluding hydrogens is 819 g/mol. The average molecular weight is 886 g/mol. The molecule has 0 amide bonds. The first-order valence-corrected chi connectivity index (χ1v) is 25.0. The van der Waals surface area contributed by atoms with Gasteiger partial charge in [-0.05, 0) is 170 Å². The molecule has 0 N–H and O–H groups in total. The van der Waals surface area contributed by atoms with E-state index in [0.717, 1.165) is 37.1 Å². The summed E-state index contributed by atoms with van der Waals surface area (Å²) in [5.74, 6) is 0. The SMILES string of the molecule is C=CC1=C(/C=C\C)c2cc(C3=CC=C(c4ccc(N(c5ccc(-c6ccc(C)c(-c7ccccc7CCC)c6)cc5)c5cccc6c5-c5ccccc5C6(C)C)cc4)CC3)ccc2C1(C)C.CC. The third-order valence-electron chi connectivity index (χ3n) is 14.9. The van der Waals surface area contributed by atoms with E-state index in [-0.39, 0.29) is 10.8 Å². The van der Waals surface area contributed by atoms with Gasteiger partial charge in [0.15, 0.2) is 0 Å². The molecule has 340 valence electrons. The van der Waals surface area contributed by atoms with Crippen LogP contribution in [-0.2, 0) is 17.3 Å². The monoisotopic (exact) mass is 886 g/mol. The van der Waals surface area contributed by atoms with E-state index in [4.69, 9.17) is 0 Å². The van der Waals surface area contributed by atoms with Gasteiger partial charge in [-0.15, -0.1) is 0 Å². The van der Waals surface area contributed by atoms with Gasteiger partial charge in [-0.3, -0.25) is 0 Å². The van der Waals surface area contributed by atoms with Crippen molar-refractivity contribution in [2.45, 2.75) is 98.8 Å². The molecule has 3 aliphatic carbocycles. The Bertz CT molecular complexity index is 3160. The molecule has 0 saturated heterocycles. The van der Waals surface area contributed by atoms with Crippen LogP contribution < -0.4 is 4.90 Å². The van der Waals surface area contributed by atoms with Crippen molar-refractivity contribution in [2.24, 2.45) is 0 Å². The Kier molecular flexibility index (Phi) is 12.9. The molecule has 0 fully saturated rings. The Labute approximate surface area is 407 Å². The molecule has 68 heavy (non-hydrogen) atoms. The molecule has 0 saturated carbocycles. The zero-order chi connectivity index (χ0) is 47.7. The number of nitrogens with zero attached hydrogens (tertiary/aromatic N) is 1. The van der Waals surface area contributed by atoms with E-state index in [2.05, 4.69) is 236 Å². The zero-order valence-electron chi connectivity index (χ0n) is 41.8. The van der Waals surface area contributed by atoms with Gasteiger partial charge in [0.1, 0.15) is 0 Å². The third kappa shape index (κ3) is 8.06. The van der Waals surface area contributed by atoms with Crippen molar-refractivity contribution in [1.29, 1.82) is 0 Å². The van der Waals surface area contributed by atoms with Crippen molar-refractivity contribution < 1.29 is 0 Å². The molecule has 1 nitrogen and oxygen atoms in total. The Morgan fingerprint density at radius 2 is 1.13 bits per heavy atom. The zero-order valence-corrected chi connectivity index (χ0v) is 41.8. The van der Waals surface area contributed by atoms with Gasteiger partial charge in [0.25, 0.3) is 0 Å². The van der Waals surface area contributed by atoms with E-state index in [9.17, 15) is 0 Å². The molecule has 0 heterocycles. The number of hydrogen-bond donors (Lipinski definition) is 0. The fourth-order valence-electron chi connectivity index (χ4n) is 11.3. The maximum absolute atomic E-state index is 4.19. The summed E-state index contributed by atoms with van der Waals surface area (Å²) in [6.45, 7) is 24.2. The van der Waals surface area contributed by atoms with Gasteiger partial charge in [-0.1, -0.05) is 201 Å². The first-order chi connectivity index (χ1) is 33.0. The van der Waals surface area contributed by atoms with E-state index < -0.39 is 0 Å². The van der Waals surface area contributed by atoms with Gasteiger partial charge < -0.3 is 4.90 Å². The number of rotatable bonds is 11. The maximum Gasteiger partial charge on any atom is 0.0543 e. The largest absolute Gasteiger partial charge is 0.310 e. The Balaban J connectivity index is 0.00000285. The molecule has 7 aromatic rings. The summed E-state index contributed by atoms with van der Waals surface area (Å²) < 4.78 is 0. The van der Waals surface area contributed by atoms with Crippen molar-refractivity contribution in [3.8, 4) is 33.4 Å². The van der Waals surface area contributed by atoms with Crippen LogP contribution in [0.25, 0.3) is 50.1 Å². The van der Waals surface area contributed by atoms with E-state index >= 15 is 0 Å². The maximum atomic E-state index is 4.19. The lowest BCUT2D eigenvalue weighted by Crippen LogP contribution is -2.16. The summed E-state index contributed by atoms with van der Waals surface area (Å²) in [5, 5.41) is 0. The van der Waals surface area contributed by atoms with Gasteiger partial charge in [-0.25, -0.2) is 0 Å². The number of aryl methyl sites for hydroxylation is 2. The molecule has 0 unspecified atom stereocenters. The second-order valence-electron chi connectivity index (χ2n) is 19.5. The highest BCUT2D eigenvalue weighted by Gasteiger charge is 2.38. The van der Waals surface area contributed by atoms with Crippen LogP contribution in [0.1, 0.15) is 119 Å². The molecule has 7 aromatic carbocycles. The second-order valence-corrected chi connectivity index (χ2v) is 19.5. The minimum absolute atomic E-state index is 0.0569. The predicted octanol–water partition coefficient (Wildman–Crippen LogP) is 19.2. The van der Waals surface area contributed by atoms with E-state index in [0.29, 0.717) is 0 Å². The fraction of sp³-hybridized carbons (Fsp3) is 0.224. The van der Waals surface area contributed by atoms with Crippen molar-refractivity contribution in [2.75, 3.05) is 4.90 Å². The summed E-state index contributed by atoms with van der Waals surface area (Å²) in [4.78, 5) is 2.47. The molecule has 3 aliphatic rings. The van der Waals surface area contributed by atoms with Crippen LogP contribution in [0, 0.1) is 6.92 Å². The first kappa shape index (κ1) is 46.2. The Hall–Kier alpha value is -6.96. The molecule has 0 radical (unpaired) electrons. The van der Waals surface area contributed by atoms with Gasteiger partial charge >= 0.3 is 0 Å². The molecule has 0 aromatic heterocycles. The van der Waals surface area contributed by atoms with Gasteiger partial charge in [0.05, 0.1) is 5.69 Å². The Morgan fingerprint density at radius 3 is 1.79 bits per heavy atom. The van der Waals surface area contributed by atoms with Crippen LogP contribution in [0.2, 0.25) is 0 Å². The highest BCUT2D eigenvalue weighted by atomic mass is 15.1. The van der Waals surface area contributed by atoms with Crippen molar-refractivity contribution in [3.05, 3.63) is 239 Å². The summed E-state index contributed by atoms with van der Waals surface area (Å²) >= 11 is 0. The summed E-state index contributed by atoms with van der Waals surface area (Å²) in [5.41, 5.74) is 27.2. The number of hydrogen-bond acceptors (Lipinski definition) is 1. The molecule has 0 bridgehead atoms. The summed E-state index contributed by atoms with van der Waals surface area (Å²) in [6, 6.07) is 57.3. The number of fused-ring (bicyclic) bond motifs is 4.